The smallest absolute Gasteiger partial charge is 0.0864 e. The summed E-state index contributed by atoms with van der Waals surface area (Å²) in [5.41, 5.74) is 2.30. The van der Waals surface area contributed by atoms with Crippen LogP contribution in [0, 0.1) is 0 Å². The molecular formula is C11H12ClNO. The standard InChI is InChI=1S/C11H12ClNO/c1-13-10(7-14-2)5-8-3-4-9(12)6-11(8)13/h3-6H,7H2,1-2H3. The summed E-state index contributed by atoms with van der Waals surface area (Å²) in [5.74, 6) is 0. The van der Waals surface area contributed by atoms with Gasteiger partial charge < -0.3 is 9.30 Å². The summed E-state index contributed by atoms with van der Waals surface area (Å²) >= 11 is 5.93. The number of fused-ring (bicyclic) bond motifs is 1. The lowest BCUT2D eigenvalue weighted by Crippen LogP contribution is -1.96. The van der Waals surface area contributed by atoms with Gasteiger partial charge in [0.15, 0.2) is 0 Å². The summed E-state index contributed by atoms with van der Waals surface area (Å²) in [7, 11) is 3.72. The lowest BCUT2D eigenvalue weighted by molar-refractivity contribution is 0.179. The Balaban J connectivity index is 2.62. The molecule has 0 atom stereocenters. The second-order valence-corrected chi connectivity index (χ2v) is 3.77. The van der Waals surface area contributed by atoms with Crippen molar-refractivity contribution < 1.29 is 4.74 Å². The van der Waals surface area contributed by atoms with Gasteiger partial charge in [-0.25, -0.2) is 0 Å². The Morgan fingerprint density at radius 1 is 1.36 bits per heavy atom. The average Bonchev–Trinajstić information content (AvgIpc) is 2.46. The van der Waals surface area contributed by atoms with E-state index in [9.17, 15) is 0 Å². The van der Waals surface area contributed by atoms with Gasteiger partial charge in [0.1, 0.15) is 0 Å². The molecule has 0 aliphatic carbocycles. The van der Waals surface area contributed by atoms with Gasteiger partial charge in [0, 0.05) is 35.8 Å². The molecule has 0 N–H and O–H groups in total. The van der Waals surface area contributed by atoms with Crippen LogP contribution in [0.4, 0.5) is 0 Å². The lowest BCUT2D eigenvalue weighted by Gasteiger charge is -2.02. The maximum atomic E-state index is 5.93. The third kappa shape index (κ3) is 1.51. The second kappa shape index (κ2) is 3.64. The van der Waals surface area contributed by atoms with Crippen LogP contribution in [0.3, 0.4) is 0 Å². The molecule has 0 aliphatic rings. The first-order valence-corrected chi connectivity index (χ1v) is 4.83. The van der Waals surface area contributed by atoms with Crippen LogP contribution in [0.15, 0.2) is 24.3 Å². The number of benzene rings is 1. The third-order valence-corrected chi connectivity index (χ3v) is 2.63. The first-order valence-electron chi connectivity index (χ1n) is 4.45. The number of nitrogens with zero attached hydrogens (tertiary/aromatic N) is 1. The fraction of sp³-hybridized carbons (Fsp3) is 0.273. The molecule has 2 nitrogen and oxygen atoms in total. The number of hydrogen-bond acceptors (Lipinski definition) is 1. The van der Waals surface area contributed by atoms with Crippen LogP contribution in [0.1, 0.15) is 5.69 Å². The summed E-state index contributed by atoms with van der Waals surface area (Å²) in [6, 6.07) is 8.02. The van der Waals surface area contributed by atoms with Gasteiger partial charge in [-0.3, -0.25) is 0 Å². The Morgan fingerprint density at radius 3 is 2.86 bits per heavy atom. The largest absolute Gasteiger partial charge is 0.378 e. The van der Waals surface area contributed by atoms with E-state index in [4.69, 9.17) is 16.3 Å². The quantitative estimate of drug-likeness (QED) is 0.742. The highest BCUT2D eigenvalue weighted by Crippen LogP contribution is 2.22. The Hall–Kier alpha value is -0.990. The maximum Gasteiger partial charge on any atom is 0.0864 e. The molecule has 0 amide bonds. The predicted octanol–water partition coefficient (Wildman–Crippen LogP) is 2.98. The highest BCUT2D eigenvalue weighted by Gasteiger charge is 2.05. The van der Waals surface area contributed by atoms with Gasteiger partial charge in [-0.2, -0.15) is 0 Å². The lowest BCUT2D eigenvalue weighted by atomic mass is 10.2. The molecular weight excluding hydrogens is 198 g/mol. The molecule has 0 aliphatic heterocycles. The summed E-state index contributed by atoms with van der Waals surface area (Å²) in [6.45, 7) is 0.628. The summed E-state index contributed by atoms with van der Waals surface area (Å²) in [6.07, 6.45) is 0. The fourth-order valence-electron chi connectivity index (χ4n) is 1.65. The molecule has 0 saturated carbocycles. The van der Waals surface area contributed by atoms with E-state index in [1.165, 1.54) is 5.39 Å². The predicted molar refractivity (Wildman–Crippen MR) is 58.6 cm³/mol. The second-order valence-electron chi connectivity index (χ2n) is 3.33. The molecule has 2 rings (SSSR count). The summed E-state index contributed by atoms with van der Waals surface area (Å²) in [5, 5.41) is 1.96. The zero-order chi connectivity index (χ0) is 10.1. The molecule has 0 saturated heterocycles. The van der Waals surface area contributed by atoms with Crippen LogP contribution in [-0.4, -0.2) is 11.7 Å². The number of halogens is 1. The van der Waals surface area contributed by atoms with E-state index in [0.717, 1.165) is 16.2 Å². The maximum absolute atomic E-state index is 5.93. The molecule has 0 bridgehead atoms. The van der Waals surface area contributed by atoms with Crippen molar-refractivity contribution in [1.82, 2.24) is 4.57 Å². The number of aromatic nitrogens is 1. The van der Waals surface area contributed by atoms with Crippen LogP contribution >= 0.6 is 11.6 Å². The van der Waals surface area contributed by atoms with Gasteiger partial charge in [-0.1, -0.05) is 17.7 Å². The van der Waals surface area contributed by atoms with Crippen molar-refractivity contribution in [3.8, 4) is 0 Å². The molecule has 3 heteroatoms. The Bertz CT molecular complexity index is 462. The Morgan fingerprint density at radius 2 is 2.14 bits per heavy atom. The minimum absolute atomic E-state index is 0.628. The first kappa shape index (κ1) is 9.56. The molecule has 1 heterocycles. The summed E-state index contributed by atoms with van der Waals surface area (Å²) < 4.78 is 7.22. The number of rotatable bonds is 2. The Kier molecular flexibility index (Phi) is 2.48. The van der Waals surface area contributed by atoms with Crippen LogP contribution in [0.25, 0.3) is 10.9 Å². The molecule has 0 fully saturated rings. The van der Waals surface area contributed by atoms with Crippen molar-refractivity contribution >= 4 is 22.5 Å². The van der Waals surface area contributed by atoms with E-state index in [-0.39, 0.29) is 0 Å². The van der Waals surface area contributed by atoms with E-state index in [0.29, 0.717) is 6.61 Å². The monoisotopic (exact) mass is 209 g/mol. The number of ether oxygens (including phenoxy) is 1. The molecule has 14 heavy (non-hydrogen) atoms. The van der Waals surface area contributed by atoms with Crippen LogP contribution in [0.2, 0.25) is 5.02 Å². The van der Waals surface area contributed by atoms with Crippen molar-refractivity contribution in [2.24, 2.45) is 7.05 Å². The number of aryl methyl sites for hydroxylation is 1. The normalized spacial score (nSPS) is 11.1. The van der Waals surface area contributed by atoms with Gasteiger partial charge in [-0.05, 0) is 18.2 Å². The topological polar surface area (TPSA) is 14.2 Å². The van der Waals surface area contributed by atoms with E-state index < -0.39 is 0 Å². The van der Waals surface area contributed by atoms with Crippen molar-refractivity contribution in [3.63, 3.8) is 0 Å². The third-order valence-electron chi connectivity index (χ3n) is 2.40. The van der Waals surface area contributed by atoms with E-state index in [1.54, 1.807) is 7.11 Å². The van der Waals surface area contributed by atoms with Crippen molar-refractivity contribution in [2.75, 3.05) is 7.11 Å². The summed E-state index contributed by atoms with van der Waals surface area (Å²) in [4.78, 5) is 0. The van der Waals surface area contributed by atoms with Crippen molar-refractivity contribution in [1.29, 1.82) is 0 Å². The fourth-order valence-corrected chi connectivity index (χ4v) is 1.81. The molecule has 0 unspecified atom stereocenters. The van der Waals surface area contributed by atoms with E-state index >= 15 is 0 Å². The Labute approximate surface area is 88.0 Å². The van der Waals surface area contributed by atoms with Crippen LogP contribution < -0.4 is 0 Å². The minimum Gasteiger partial charge on any atom is -0.378 e. The number of hydrogen-bond donors (Lipinski definition) is 0. The zero-order valence-corrected chi connectivity index (χ0v) is 9.01. The van der Waals surface area contributed by atoms with Gasteiger partial charge >= 0.3 is 0 Å². The van der Waals surface area contributed by atoms with E-state index in [1.807, 2.05) is 25.2 Å². The first-order chi connectivity index (χ1) is 6.72. The zero-order valence-electron chi connectivity index (χ0n) is 8.25. The average molecular weight is 210 g/mol. The van der Waals surface area contributed by atoms with Crippen molar-refractivity contribution in [2.45, 2.75) is 6.61 Å². The van der Waals surface area contributed by atoms with Gasteiger partial charge in [0.25, 0.3) is 0 Å². The molecule has 74 valence electrons. The van der Waals surface area contributed by atoms with Gasteiger partial charge in [0.2, 0.25) is 0 Å². The number of methoxy groups -OCH3 is 1. The molecule has 0 spiro atoms. The molecule has 2 aromatic rings. The molecule has 0 radical (unpaired) electrons. The SMILES string of the molecule is COCc1cc2ccc(Cl)cc2n1C. The van der Waals surface area contributed by atoms with Crippen LogP contribution in [-0.2, 0) is 18.4 Å². The van der Waals surface area contributed by atoms with Crippen molar-refractivity contribution in [3.05, 3.63) is 35.0 Å². The van der Waals surface area contributed by atoms with Gasteiger partial charge in [-0.15, -0.1) is 0 Å². The minimum atomic E-state index is 0.628. The highest BCUT2D eigenvalue weighted by molar-refractivity contribution is 6.31. The van der Waals surface area contributed by atoms with Crippen LogP contribution in [0.5, 0.6) is 0 Å². The van der Waals surface area contributed by atoms with Gasteiger partial charge in [0.05, 0.1) is 6.61 Å². The highest BCUT2D eigenvalue weighted by atomic mass is 35.5. The molecule has 1 aromatic carbocycles. The van der Waals surface area contributed by atoms with E-state index in [2.05, 4.69) is 10.6 Å². The molecule has 1 aromatic heterocycles.